The number of methoxy groups -OCH3 is 2. The molecule has 0 saturated heterocycles. The molecular formula is C15H13BrClNO3. The van der Waals surface area contributed by atoms with Crippen molar-refractivity contribution in [2.45, 2.75) is 0 Å². The predicted octanol–water partition coefficient (Wildman–Crippen LogP) is 4.37. The zero-order valence-corrected chi connectivity index (χ0v) is 13.8. The van der Waals surface area contributed by atoms with Crippen LogP contribution in [0.1, 0.15) is 10.4 Å². The first kappa shape index (κ1) is 15.7. The molecule has 0 saturated carbocycles. The molecule has 21 heavy (non-hydrogen) atoms. The standard InChI is InChI=1S/C15H13BrClNO3/c1-20-13-7-11(17)12(8-14(13)21-2)18-15(19)9-4-3-5-10(16)6-9/h3-8H,1-2H3,(H,18,19). The largest absolute Gasteiger partial charge is 0.493 e. The smallest absolute Gasteiger partial charge is 0.255 e. The van der Waals surface area contributed by atoms with Crippen LogP contribution in [0.2, 0.25) is 5.02 Å². The van der Waals surface area contributed by atoms with Crippen LogP contribution < -0.4 is 14.8 Å². The molecule has 1 N–H and O–H groups in total. The Morgan fingerprint density at radius 2 is 1.81 bits per heavy atom. The maximum absolute atomic E-state index is 12.2. The molecule has 0 unspecified atom stereocenters. The van der Waals surface area contributed by atoms with Crippen LogP contribution in [0.15, 0.2) is 40.9 Å². The van der Waals surface area contributed by atoms with Gasteiger partial charge in [-0.2, -0.15) is 0 Å². The number of benzene rings is 2. The molecule has 2 aromatic carbocycles. The minimum absolute atomic E-state index is 0.259. The summed E-state index contributed by atoms with van der Waals surface area (Å²) in [5.74, 6) is 0.736. The Morgan fingerprint density at radius 1 is 1.14 bits per heavy atom. The first-order chi connectivity index (χ1) is 10.0. The summed E-state index contributed by atoms with van der Waals surface area (Å²) < 4.78 is 11.2. The van der Waals surface area contributed by atoms with Crippen LogP contribution in [0.3, 0.4) is 0 Å². The van der Waals surface area contributed by atoms with Crippen LogP contribution in [0, 0.1) is 0 Å². The minimum atomic E-state index is -0.259. The van der Waals surface area contributed by atoms with Crippen LogP contribution in [-0.4, -0.2) is 20.1 Å². The second-order valence-corrected chi connectivity index (χ2v) is 5.47. The van der Waals surface area contributed by atoms with Crippen LogP contribution >= 0.6 is 27.5 Å². The number of hydrogen-bond acceptors (Lipinski definition) is 3. The van der Waals surface area contributed by atoms with Crippen LogP contribution in [0.25, 0.3) is 0 Å². The molecule has 2 aromatic rings. The van der Waals surface area contributed by atoms with E-state index in [1.165, 1.54) is 14.2 Å². The third kappa shape index (κ3) is 3.68. The zero-order chi connectivity index (χ0) is 15.4. The second-order valence-electron chi connectivity index (χ2n) is 4.15. The van der Waals surface area contributed by atoms with Crippen molar-refractivity contribution in [3.63, 3.8) is 0 Å². The van der Waals surface area contributed by atoms with Gasteiger partial charge in [-0.1, -0.05) is 33.6 Å². The number of carbonyl (C=O) groups is 1. The van der Waals surface area contributed by atoms with E-state index in [0.29, 0.717) is 27.8 Å². The zero-order valence-electron chi connectivity index (χ0n) is 11.4. The van der Waals surface area contributed by atoms with Gasteiger partial charge in [0.15, 0.2) is 11.5 Å². The fourth-order valence-corrected chi connectivity index (χ4v) is 2.37. The van der Waals surface area contributed by atoms with Crippen molar-refractivity contribution in [3.8, 4) is 11.5 Å². The molecule has 4 nitrogen and oxygen atoms in total. The normalized spacial score (nSPS) is 10.1. The maximum atomic E-state index is 12.2. The molecule has 0 atom stereocenters. The summed E-state index contributed by atoms with van der Waals surface area (Å²) >= 11 is 9.47. The fourth-order valence-electron chi connectivity index (χ4n) is 1.77. The van der Waals surface area contributed by atoms with E-state index < -0.39 is 0 Å². The van der Waals surface area contributed by atoms with Crippen molar-refractivity contribution < 1.29 is 14.3 Å². The number of hydrogen-bond donors (Lipinski definition) is 1. The van der Waals surface area contributed by atoms with Crippen molar-refractivity contribution in [2.24, 2.45) is 0 Å². The monoisotopic (exact) mass is 369 g/mol. The number of anilines is 1. The molecule has 0 radical (unpaired) electrons. The Hall–Kier alpha value is -1.72. The first-order valence-corrected chi connectivity index (χ1v) is 7.20. The van der Waals surface area contributed by atoms with E-state index in [1.54, 1.807) is 30.3 Å². The third-order valence-corrected chi connectivity index (χ3v) is 3.61. The van der Waals surface area contributed by atoms with Crippen LogP contribution in [0.4, 0.5) is 5.69 Å². The summed E-state index contributed by atoms with van der Waals surface area (Å²) in [6, 6.07) is 10.3. The SMILES string of the molecule is COc1cc(Cl)c(NC(=O)c2cccc(Br)c2)cc1OC. The highest BCUT2D eigenvalue weighted by atomic mass is 79.9. The van der Waals surface area contributed by atoms with E-state index in [9.17, 15) is 4.79 Å². The van der Waals surface area contributed by atoms with Gasteiger partial charge in [-0.15, -0.1) is 0 Å². The molecule has 0 heterocycles. The van der Waals surface area contributed by atoms with E-state index in [4.69, 9.17) is 21.1 Å². The molecule has 0 aliphatic heterocycles. The van der Waals surface area contributed by atoms with Gasteiger partial charge >= 0.3 is 0 Å². The fraction of sp³-hybridized carbons (Fsp3) is 0.133. The quantitative estimate of drug-likeness (QED) is 0.869. The highest BCUT2D eigenvalue weighted by Crippen LogP contribution is 2.36. The molecule has 0 bridgehead atoms. The Kier molecular flexibility index (Phi) is 5.09. The topological polar surface area (TPSA) is 47.6 Å². The Morgan fingerprint density at radius 3 is 2.43 bits per heavy atom. The minimum Gasteiger partial charge on any atom is -0.493 e. The molecule has 0 aliphatic carbocycles. The molecule has 0 aromatic heterocycles. The van der Waals surface area contributed by atoms with E-state index in [2.05, 4.69) is 21.2 Å². The Labute approximate surface area is 136 Å². The van der Waals surface area contributed by atoms with Gasteiger partial charge in [0, 0.05) is 22.2 Å². The van der Waals surface area contributed by atoms with E-state index in [1.807, 2.05) is 6.07 Å². The van der Waals surface area contributed by atoms with E-state index >= 15 is 0 Å². The van der Waals surface area contributed by atoms with Crippen molar-refractivity contribution in [2.75, 3.05) is 19.5 Å². The molecule has 0 spiro atoms. The lowest BCUT2D eigenvalue weighted by Crippen LogP contribution is -2.12. The first-order valence-electron chi connectivity index (χ1n) is 6.03. The lowest BCUT2D eigenvalue weighted by molar-refractivity contribution is 0.102. The average Bonchev–Trinajstić information content (AvgIpc) is 2.48. The van der Waals surface area contributed by atoms with Gasteiger partial charge in [-0.3, -0.25) is 4.79 Å². The summed E-state index contributed by atoms with van der Waals surface area (Å²) in [5, 5.41) is 3.12. The lowest BCUT2D eigenvalue weighted by Gasteiger charge is -2.12. The van der Waals surface area contributed by atoms with Crippen molar-refractivity contribution in [1.82, 2.24) is 0 Å². The maximum Gasteiger partial charge on any atom is 0.255 e. The van der Waals surface area contributed by atoms with Gasteiger partial charge in [-0.25, -0.2) is 0 Å². The molecular weight excluding hydrogens is 358 g/mol. The molecule has 6 heteroatoms. The Balaban J connectivity index is 2.29. The van der Waals surface area contributed by atoms with Gasteiger partial charge in [0.1, 0.15) is 0 Å². The summed E-state index contributed by atoms with van der Waals surface area (Å²) in [6.07, 6.45) is 0. The lowest BCUT2D eigenvalue weighted by atomic mass is 10.2. The third-order valence-electron chi connectivity index (χ3n) is 2.81. The van der Waals surface area contributed by atoms with Crippen molar-refractivity contribution in [3.05, 3.63) is 51.5 Å². The second kappa shape index (κ2) is 6.83. The molecule has 110 valence electrons. The number of halogens is 2. The number of ether oxygens (including phenoxy) is 2. The van der Waals surface area contributed by atoms with Gasteiger partial charge < -0.3 is 14.8 Å². The summed E-state index contributed by atoms with van der Waals surface area (Å²) in [4.78, 5) is 12.2. The molecule has 2 rings (SSSR count). The number of rotatable bonds is 4. The van der Waals surface area contributed by atoms with Crippen molar-refractivity contribution >= 4 is 39.1 Å². The average molecular weight is 371 g/mol. The highest BCUT2D eigenvalue weighted by Gasteiger charge is 2.13. The van der Waals surface area contributed by atoms with Crippen molar-refractivity contribution in [1.29, 1.82) is 0 Å². The summed E-state index contributed by atoms with van der Waals surface area (Å²) in [6.45, 7) is 0. The van der Waals surface area contributed by atoms with E-state index in [-0.39, 0.29) is 5.91 Å². The molecule has 1 amide bonds. The number of nitrogens with one attached hydrogen (secondary N) is 1. The molecule has 0 fully saturated rings. The Bertz CT molecular complexity index is 676. The van der Waals surface area contributed by atoms with Gasteiger partial charge in [0.05, 0.1) is 24.9 Å². The van der Waals surface area contributed by atoms with Crippen LogP contribution in [-0.2, 0) is 0 Å². The molecule has 0 aliphatic rings. The van der Waals surface area contributed by atoms with E-state index in [0.717, 1.165) is 4.47 Å². The predicted molar refractivity (Wildman–Crippen MR) is 86.7 cm³/mol. The van der Waals surface area contributed by atoms with Gasteiger partial charge in [0.2, 0.25) is 0 Å². The number of amides is 1. The van der Waals surface area contributed by atoms with Crippen LogP contribution in [0.5, 0.6) is 11.5 Å². The summed E-state index contributed by atoms with van der Waals surface area (Å²) in [7, 11) is 3.04. The number of carbonyl (C=O) groups excluding carboxylic acids is 1. The van der Waals surface area contributed by atoms with Gasteiger partial charge in [-0.05, 0) is 18.2 Å². The summed E-state index contributed by atoms with van der Waals surface area (Å²) in [5.41, 5.74) is 0.981. The van der Waals surface area contributed by atoms with Gasteiger partial charge in [0.25, 0.3) is 5.91 Å². The highest BCUT2D eigenvalue weighted by molar-refractivity contribution is 9.10.